The lowest BCUT2D eigenvalue weighted by molar-refractivity contribution is -0.118. The van der Waals surface area contributed by atoms with Crippen molar-refractivity contribution in [2.24, 2.45) is 5.92 Å². The molecule has 0 bridgehead atoms. The van der Waals surface area contributed by atoms with Crippen LogP contribution in [0.5, 0.6) is 5.75 Å². The molecule has 1 heterocycles. The second-order valence-corrected chi connectivity index (χ2v) is 9.96. The van der Waals surface area contributed by atoms with Gasteiger partial charge in [-0.2, -0.15) is 4.72 Å². The number of methoxy groups -OCH3 is 1. The Bertz CT molecular complexity index is 1140. The fourth-order valence-corrected chi connectivity index (χ4v) is 5.12. The molecule has 0 aliphatic carbocycles. The molecule has 3 rings (SSSR count). The molecule has 0 unspecified atom stereocenters. The number of carbonyl (C=O) groups is 2. The first kappa shape index (κ1) is 23.7. The van der Waals surface area contributed by atoms with Crippen molar-refractivity contribution >= 4 is 33.2 Å². The molecule has 172 valence electrons. The van der Waals surface area contributed by atoms with E-state index in [4.69, 9.17) is 4.74 Å². The van der Waals surface area contributed by atoms with E-state index in [1.54, 1.807) is 43.0 Å². The summed E-state index contributed by atoms with van der Waals surface area (Å²) in [6.45, 7) is 7.44. The van der Waals surface area contributed by atoms with Gasteiger partial charge in [-0.05, 0) is 60.7 Å². The third-order valence-corrected chi connectivity index (χ3v) is 6.92. The number of nitrogens with one attached hydrogen (secondary N) is 2. The van der Waals surface area contributed by atoms with Gasteiger partial charge in [0.05, 0.1) is 17.7 Å². The molecule has 8 nitrogen and oxygen atoms in total. The highest BCUT2D eigenvalue weighted by molar-refractivity contribution is 7.89. The smallest absolute Gasteiger partial charge is 0.242 e. The van der Waals surface area contributed by atoms with Gasteiger partial charge in [0, 0.05) is 19.2 Å². The fraction of sp³-hybridized carbons (Fsp3) is 0.391. The maximum absolute atomic E-state index is 13.1. The number of ether oxygens (including phenoxy) is 1. The van der Waals surface area contributed by atoms with Crippen molar-refractivity contribution < 1.29 is 22.7 Å². The van der Waals surface area contributed by atoms with E-state index >= 15 is 0 Å². The minimum absolute atomic E-state index is 0.0632. The first-order valence-electron chi connectivity index (χ1n) is 10.4. The number of hydrogen-bond acceptors (Lipinski definition) is 5. The molecule has 0 saturated carbocycles. The van der Waals surface area contributed by atoms with Crippen molar-refractivity contribution in [2.75, 3.05) is 23.9 Å². The van der Waals surface area contributed by atoms with Crippen LogP contribution in [-0.4, -0.2) is 39.9 Å². The number of amides is 2. The highest BCUT2D eigenvalue weighted by Crippen LogP contribution is 2.30. The molecule has 0 radical (unpaired) electrons. The molecule has 0 aromatic heterocycles. The quantitative estimate of drug-likeness (QED) is 0.663. The fourth-order valence-electron chi connectivity index (χ4n) is 3.73. The number of carbonyl (C=O) groups excluding carboxylic acids is 2. The summed E-state index contributed by atoms with van der Waals surface area (Å²) >= 11 is 0. The van der Waals surface area contributed by atoms with Crippen LogP contribution in [0.2, 0.25) is 0 Å². The molecule has 1 atom stereocenters. The van der Waals surface area contributed by atoms with E-state index in [9.17, 15) is 18.0 Å². The number of sulfonamides is 1. The normalized spacial score (nSPS) is 14.2. The number of hydrogen-bond donors (Lipinski definition) is 2. The van der Waals surface area contributed by atoms with E-state index in [1.807, 2.05) is 13.0 Å². The molecular weight excluding hydrogens is 430 g/mol. The van der Waals surface area contributed by atoms with Gasteiger partial charge in [0.25, 0.3) is 0 Å². The molecular formula is C23H29N3O5S. The van der Waals surface area contributed by atoms with Crippen molar-refractivity contribution in [3.63, 3.8) is 0 Å². The first-order chi connectivity index (χ1) is 15.0. The Kier molecular flexibility index (Phi) is 6.90. The molecule has 32 heavy (non-hydrogen) atoms. The van der Waals surface area contributed by atoms with Crippen molar-refractivity contribution in [1.82, 2.24) is 4.72 Å². The maximum Gasteiger partial charge on any atom is 0.242 e. The van der Waals surface area contributed by atoms with Crippen LogP contribution in [0.25, 0.3) is 0 Å². The second kappa shape index (κ2) is 9.30. The van der Waals surface area contributed by atoms with E-state index in [2.05, 4.69) is 10.0 Å². The number of benzene rings is 2. The summed E-state index contributed by atoms with van der Waals surface area (Å²) in [5, 5.41) is 2.78. The highest BCUT2D eigenvalue weighted by Gasteiger charge is 2.30. The largest absolute Gasteiger partial charge is 0.495 e. The lowest BCUT2D eigenvalue weighted by Crippen LogP contribution is -2.47. The van der Waals surface area contributed by atoms with Gasteiger partial charge in [-0.1, -0.05) is 19.9 Å². The Morgan fingerprint density at radius 1 is 1.12 bits per heavy atom. The average Bonchev–Trinajstić information content (AvgIpc) is 3.15. The SMILES string of the molecule is COc1ccc(C)cc1NC(=O)[C@H](NS(=O)(=O)c1ccc2c(c1)CCN2C(C)=O)C(C)C. The molecule has 1 aliphatic heterocycles. The van der Waals surface area contributed by atoms with Crippen molar-refractivity contribution in [3.05, 3.63) is 47.5 Å². The van der Waals surface area contributed by atoms with Crippen molar-refractivity contribution in [2.45, 2.75) is 45.1 Å². The molecule has 2 aromatic rings. The highest BCUT2D eigenvalue weighted by atomic mass is 32.2. The third-order valence-electron chi connectivity index (χ3n) is 5.48. The summed E-state index contributed by atoms with van der Waals surface area (Å²) < 4.78 is 34.0. The summed E-state index contributed by atoms with van der Waals surface area (Å²) in [4.78, 5) is 26.4. The Morgan fingerprint density at radius 2 is 1.84 bits per heavy atom. The summed E-state index contributed by atoms with van der Waals surface area (Å²) in [6.07, 6.45) is 0.583. The van der Waals surface area contributed by atoms with Gasteiger partial charge < -0.3 is 15.0 Å². The van der Waals surface area contributed by atoms with Crippen molar-refractivity contribution in [3.8, 4) is 5.75 Å². The Balaban J connectivity index is 1.83. The Morgan fingerprint density at radius 3 is 2.47 bits per heavy atom. The van der Waals surface area contributed by atoms with Crippen LogP contribution < -0.4 is 19.7 Å². The minimum atomic E-state index is -3.97. The van der Waals surface area contributed by atoms with E-state index < -0.39 is 22.0 Å². The summed E-state index contributed by atoms with van der Waals surface area (Å²) in [5.74, 6) is -0.372. The molecule has 0 saturated heterocycles. The zero-order chi connectivity index (χ0) is 23.6. The summed E-state index contributed by atoms with van der Waals surface area (Å²) in [7, 11) is -2.47. The summed E-state index contributed by atoms with van der Waals surface area (Å²) in [5.41, 5.74) is 2.92. The van der Waals surface area contributed by atoms with Gasteiger partial charge >= 0.3 is 0 Å². The number of aryl methyl sites for hydroxylation is 1. The monoisotopic (exact) mass is 459 g/mol. The predicted octanol–water partition coefficient (Wildman–Crippen LogP) is 2.85. The van der Waals surface area contributed by atoms with Gasteiger partial charge in [-0.15, -0.1) is 0 Å². The molecule has 0 fully saturated rings. The molecule has 2 aromatic carbocycles. The first-order valence-corrected chi connectivity index (χ1v) is 11.9. The molecule has 2 amide bonds. The Hall–Kier alpha value is -2.91. The molecule has 1 aliphatic rings. The van der Waals surface area contributed by atoms with Crippen LogP contribution in [-0.2, 0) is 26.0 Å². The van der Waals surface area contributed by atoms with Crippen LogP contribution in [0, 0.1) is 12.8 Å². The number of fused-ring (bicyclic) bond motifs is 1. The summed E-state index contributed by atoms with van der Waals surface area (Å²) in [6, 6.07) is 9.05. The van der Waals surface area contributed by atoms with E-state index in [0.717, 1.165) is 16.8 Å². The predicted molar refractivity (Wildman–Crippen MR) is 123 cm³/mol. The second-order valence-electron chi connectivity index (χ2n) is 8.25. The third kappa shape index (κ3) is 4.94. The van der Waals surface area contributed by atoms with Gasteiger partial charge in [0.1, 0.15) is 11.8 Å². The number of rotatable bonds is 7. The molecule has 9 heteroatoms. The van der Waals surface area contributed by atoms with Gasteiger partial charge in [0.2, 0.25) is 21.8 Å². The van der Waals surface area contributed by atoms with Gasteiger partial charge in [0.15, 0.2) is 0 Å². The maximum atomic E-state index is 13.1. The van der Waals surface area contributed by atoms with Gasteiger partial charge in [-0.25, -0.2) is 8.42 Å². The van der Waals surface area contributed by atoms with Crippen LogP contribution in [0.1, 0.15) is 31.9 Å². The topological polar surface area (TPSA) is 105 Å². The number of anilines is 2. The van der Waals surface area contributed by atoms with Crippen LogP contribution in [0.4, 0.5) is 11.4 Å². The van der Waals surface area contributed by atoms with Crippen LogP contribution in [0.3, 0.4) is 0 Å². The molecule has 2 N–H and O–H groups in total. The van der Waals surface area contributed by atoms with E-state index in [0.29, 0.717) is 24.4 Å². The Labute approximate surface area is 189 Å². The lowest BCUT2D eigenvalue weighted by Gasteiger charge is -2.22. The average molecular weight is 460 g/mol. The molecule has 0 spiro atoms. The standard InChI is InChI=1S/C23H29N3O5S/c1-14(2)22(23(28)24-19-12-15(3)6-9-21(19)31-5)25-32(29,30)18-7-8-20-17(13-18)10-11-26(20)16(4)27/h6-9,12-14,22,25H,10-11H2,1-5H3,(H,24,28)/t22-/m1/s1. The van der Waals surface area contributed by atoms with E-state index in [1.165, 1.54) is 20.1 Å². The van der Waals surface area contributed by atoms with Gasteiger partial charge in [-0.3, -0.25) is 9.59 Å². The zero-order valence-electron chi connectivity index (χ0n) is 18.9. The van der Waals surface area contributed by atoms with E-state index in [-0.39, 0.29) is 16.7 Å². The lowest BCUT2D eigenvalue weighted by atomic mass is 10.0. The van der Waals surface area contributed by atoms with Crippen molar-refractivity contribution in [1.29, 1.82) is 0 Å². The van der Waals surface area contributed by atoms with Crippen LogP contribution in [0.15, 0.2) is 41.3 Å². The number of nitrogens with zero attached hydrogens (tertiary/aromatic N) is 1. The zero-order valence-corrected chi connectivity index (χ0v) is 19.7. The van der Waals surface area contributed by atoms with Crippen LogP contribution >= 0.6 is 0 Å². The minimum Gasteiger partial charge on any atom is -0.495 e.